The number of fused-ring (bicyclic) bond motifs is 1. The lowest BCUT2D eigenvalue weighted by Gasteiger charge is -2.37. The van der Waals surface area contributed by atoms with Gasteiger partial charge < -0.3 is 4.74 Å². The molecular weight excluding hydrogens is 415 g/mol. The Morgan fingerprint density at radius 3 is 2.68 bits per heavy atom. The van der Waals surface area contributed by atoms with Crippen molar-refractivity contribution >= 4 is 22.8 Å². The molecular formula is C23H21FN4O2S. The fraction of sp³-hybridized carbons (Fsp3) is 0.261. The van der Waals surface area contributed by atoms with E-state index in [-0.39, 0.29) is 16.8 Å². The van der Waals surface area contributed by atoms with E-state index in [1.807, 2.05) is 36.4 Å². The number of thioether (sulfide) groups is 1. The van der Waals surface area contributed by atoms with E-state index >= 15 is 0 Å². The van der Waals surface area contributed by atoms with Crippen LogP contribution in [0.4, 0.5) is 4.39 Å². The van der Waals surface area contributed by atoms with Crippen molar-refractivity contribution in [1.82, 2.24) is 19.3 Å². The molecule has 1 saturated heterocycles. The van der Waals surface area contributed by atoms with Crippen LogP contribution < -0.4 is 5.56 Å². The van der Waals surface area contributed by atoms with Crippen molar-refractivity contribution in [3.63, 3.8) is 0 Å². The molecule has 0 bridgehead atoms. The normalized spacial score (nSPS) is 15.2. The molecule has 31 heavy (non-hydrogen) atoms. The second-order valence-corrected chi connectivity index (χ2v) is 9.10. The number of benzene rings is 2. The molecule has 1 aliphatic rings. The minimum Gasteiger partial charge on any atom is -0.380 e. The quantitative estimate of drug-likeness (QED) is 0.337. The van der Waals surface area contributed by atoms with E-state index in [1.54, 1.807) is 21.5 Å². The average molecular weight is 437 g/mol. The third kappa shape index (κ3) is 4.00. The lowest BCUT2D eigenvalue weighted by molar-refractivity contribution is -0.111. The van der Waals surface area contributed by atoms with Crippen LogP contribution in [-0.2, 0) is 17.0 Å². The summed E-state index contributed by atoms with van der Waals surface area (Å²) in [5, 5.41) is 5.57. The number of para-hydroxylation sites is 1. The van der Waals surface area contributed by atoms with Crippen LogP contribution in [0.2, 0.25) is 0 Å². The van der Waals surface area contributed by atoms with E-state index < -0.39 is 0 Å². The Morgan fingerprint density at radius 1 is 1.16 bits per heavy atom. The number of hydrogen-bond acceptors (Lipinski definition) is 5. The first-order valence-electron chi connectivity index (χ1n) is 10.0. The summed E-state index contributed by atoms with van der Waals surface area (Å²) in [4.78, 5) is 18.2. The summed E-state index contributed by atoms with van der Waals surface area (Å²) in [5.41, 5.74) is 1.83. The third-order valence-electron chi connectivity index (χ3n) is 5.28. The maximum Gasteiger partial charge on any atom is 0.269 e. The number of rotatable bonds is 6. The van der Waals surface area contributed by atoms with Gasteiger partial charge in [-0.3, -0.25) is 14.0 Å². The largest absolute Gasteiger partial charge is 0.380 e. The van der Waals surface area contributed by atoms with Gasteiger partial charge in [-0.25, -0.2) is 9.37 Å². The molecule has 0 spiro atoms. The summed E-state index contributed by atoms with van der Waals surface area (Å²) in [6.07, 6.45) is 1.77. The zero-order valence-corrected chi connectivity index (χ0v) is 17.8. The van der Waals surface area contributed by atoms with E-state index in [0.29, 0.717) is 41.7 Å². The van der Waals surface area contributed by atoms with Gasteiger partial charge >= 0.3 is 0 Å². The molecule has 3 heterocycles. The molecule has 2 aromatic carbocycles. The van der Waals surface area contributed by atoms with Gasteiger partial charge in [0.25, 0.3) is 5.56 Å². The van der Waals surface area contributed by atoms with Gasteiger partial charge in [-0.1, -0.05) is 49.0 Å². The highest BCUT2D eigenvalue weighted by atomic mass is 32.2. The smallest absolute Gasteiger partial charge is 0.269 e. The van der Waals surface area contributed by atoms with Crippen molar-refractivity contribution in [3.8, 4) is 5.69 Å². The van der Waals surface area contributed by atoms with Gasteiger partial charge in [0.15, 0.2) is 10.8 Å². The van der Waals surface area contributed by atoms with Gasteiger partial charge in [0, 0.05) is 17.4 Å². The van der Waals surface area contributed by atoms with E-state index in [1.165, 1.54) is 23.9 Å². The highest BCUT2D eigenvalue weighted by Gasteiger charge is 2.34. The van der Waals surface area contributed by atoms with Crippen LogP contribution in [0.15, 0.2) is 70.7 Å². The first kappa shape index (κ1) is 20.0. The summed E-state index contributed by atoms with van der Waals surface area (Å²) in [6.45, 7) is 4.16. The van der Waals surface area contributed by atoms with Crippen LogP contribution in [0, 0.1) is 11.2 Å². The molecule has 8 heteroatoms. The maximum absolute atomic E-state index is 13.6. The van der Waals surface area contributed by atoms with Crippen LogP contribution in [0.5, 0.6) is 0 Å². The molecule has 1 fully saturated rings. The molecule has 1 aliphatic heterocycles. The lowest BCUT2D eigenvalue weighted by atomic mass is 9.89. The number of aromatic nitrogens is 4. The number of hydrogen-bond donors (Lipinski definition) is 0. The van der Waals surface area contributed by atoms with Crippen molar-refractivity contribution in [3.05, 3.63) is 82.5 Å². The Morgan fingerprint density at radius 2 is 1.97 bits per heavy atom. The third-order valence-corrected chi connectivity index (χ3v) is 6.29. The van der Waals surface area contributed by atoms with Crippen molar-refractivity contribution in [2.45, 2.75) is 24.4 Å². The highest BCUT2D eigenvalue weighted by molar-refractivity contribution is 7.98. The molecule has 2 aromatic heterocycles. The summed E-state index contributed by atoms with van der Waals surface area (Å²) >= 11 is 1.39. The minimum atomic E-state index is -0.283. The van der Waals surface area contributed by atoms with Gasteiger partial charge in [0.2, 0.25) is 0 Å². The topological polar surface area (TPSA) is 61.9 Å². The second kappa shape index (κ2) is 7.94. The van der Waals surface area contributed by atoms with Crippen molar-refractivity contribution in [2.24, 2.45) is 5.41 Å². The van der Waals surface area contributed by atoms with E-state index in [0.717, 1.165) is 11.3 Å². The Balaban J connectivity index is 1.57. The van der Waals surface area contributed by atoms with E-state index in [9.17, 15) is 9.18 Å². The van der Waals surface area contributed by atoms with Gasteiger partial charge in [0.05, 0.1) is 25.4 Å². The Labute approximate surface area is 182 Å². The number of nitrogens with zero attached hydrogens (tertiary/aromatic N) is 4. The van der Waals surface area contributed by atoms with Crippen molar-refractivity contribution in [2.75, 3.05) is 13.2 Å². The van der Waals surface area contributed by atoms with E-state index in [2.05, 4.69) is 12.0 Å². The number of halogens is 1. The van der Waals surface area contributed by atoms with Gasteiger partial charge in [-0.15, -0.1) is 0 Å². The highest BCUT2D eigenvalue weighted by Crippen LogP contribution is 2.29. The first-order valence-corrected chi connectivity index (χ1v) is 11.0. The maximum atomic E-state index is 13.6. The molecule has 4 aromatic rings. The molecule has 158 valence electrons. The molecule has 0 aliphatic carbocycles. The predicted octanol–water partition coefficient (Wildman–Crippen LogP) is 4.05. The molecule has 0 amide bonds. The summed E-state index contributed by atoms with van der Waals surface area (Å²) < 4.78 is 22.3. The fourth-order valence-electron chi connectivity index (χ4n) is 3.68. The van der Waals surface area contributed by atoms with E-state index in [4.69, 9.17) is 9.72 Å². The molecule has 5 rings (SSSR count). The van der Waals surface area contributed by atoms with Gasteiger partial charge in [0.1, 0.15) is 11.2 Å². The fourth-order valence-corrected chi connectivity index (χ4v) is 4.63. The molecule has 0 unspecified atom stereocenters. The van der Waals surface area contributed by atoms with Crippen molar-refractivity contribution < 1.29 is 9.13 Å². The standard InChI is InChI=1S/C23H21FN4O2S/c1-23(14-30-15-23)13-27-11-19-20(26-27)25-22(31-12-16-6-5-7-17(24)10-16)28(21(19)29)18-8-3-2-4-9-18/h2-11H,12-15H2,1H3. The molecule has 0 N–H and O–H groups in total. The Bertz CT molecular complexity index is 1300. The van der Waals surface area contributed by atoms with Crippen molar-refractivity contribution in [1.29, 1.82) is 0 Å². The monoisotopic (exact) mass is 436 g/mol. The van der Waals surface area contributed by atoms with Gasteiger partial charge in [-0.05, 0) is 29.8 Å². The Hall–Kier alpha value is -2.97. The second-order valence-electron chi connectivity index (χ2n) is 8.16. The van der Waals surface area contributed by atoms with Crippen LogP contribution in [0.25, 0.3) is 16.7 Å². The molecule has 0 radical (unpaired) electrons. The summed E-state index contributed by atoms with van der Waals surface area (Å²) in [5.74, 6) is 0.202. The predicted molar refractivity (Wildman–Crippen MR) is 118 cm³/mol. The molecule has 0 atom stereocenters. The zero-order valence-electron chi connectivity index (χ0n) is 17.0. The Kier molecular flexibility index (Phi) is 5.11. The number of ether oxygens (including phenoxy) is 1. The van der Waals surface area contributed by atoms with Crippen LogP contribution in [0.1, 0.15) is 12.5 Å². The molecule has 0 saturated carbocycles. The van der Waals surface area contributed by atoms with Crippen LogP contribution >= 0.6 is 11.8 Å². The SMILES string of the molecule is CC1(Cn2cc3c(=O)n(-c4ccccc4)c(SCc4cccc(F)c4)nc3n2)COC1. The molecule has 6 nitrogen and oxygen atoms in total. The van der Waals surface area contributed by atoms with Gasteiger partial charge in [-0.2, -0.15) is 5.10 Å². The first-order chi connectivity index (χ1) is 15.0. The van der Waals surface area contributed by atoms with Crippen LogP contribution in [0.3, 0.4) is 0 Å². The minimum absolute atomic E-state index is 0.0233. The van der Waals surface area contributed by atoms with Crippen LogP contribution in [-0.4, -0.2) is 32.5 Å². The zero-order chi connectivity index (χ0) is 21.4. The summed E-state index contributed by atoms with van der Waals surface area (Å²) in [7, 11) is 0. The lowest BCUT2D eigenvalue weighted by Crippen LogP contribution is -2.43. The average Bonchev–Trinajstić information content (AvgIpc) is 3.14. The summed E-state index contributed by atoms with van der Waals surface area (Å²) in [6, 6.07) is 15.9.